The predicted molar refractivity (Wildman–Crippen MR) is 53.9 cm³/mol. The molecule has 0 spiro atoms. The minimum atomic E-state index is -4.36. The van der Waals surface area contributed by atoms with Crippen molar-refractivity contribution in [2.24, 2.45) is 0 Å². The zero-order valence-electron chi connectivity index (χ0n) is 8.83. The van der Waals surface area contributed by atoms with E-state index in [4.69, 9.17) is 5.11 Å². The molecule has 0 amide bonds. The first-order valence-electron chi connectivity index (χ1n) is 4.87. The Labute approximate surface area is 95.8 Å². The molecule has 0 heterocycles. The standard InChI is InChI=1S/C11H11F3O3/c12-11(13,14)7-17-9-4-1-8(2-5-9)3-6-10(15)16/h1-2,4-5H,3,6-7H2,(H,15,16). The van der Waals surface area contributed by atoms with E-state index in [9.17, 15) is 18.0 Å². The van der Waals surface area contributed by atoms with Gasteiger partial charge in [-0.05, 0) is 24.1 Å². The van der Waals surface area contributed by atoms with E-state index in [0.29, 0.717) is 6.42 Å². The molecule has 0 aliphatic rings. The second kappa shape index (κ2) is 5.56. The Bertz CT molecular complexity index is 371. The van der Waals surface area contributed by atoms with Crippen LogP contribution in [0.25, 0.3) is 0 Å². The van der Waals surface area contributed by atoms with Crippen LogP contribution in [0.2, 0.25) is 0 Å². The van der Waals surface area contributed by atoms with E-state index in [1.54, 1.807) is 12.1 Å². The predicted octanol–water partition coefficient (Wildman–Crippen LogP) is 2.64. The minimum absolute atomic E-state index is 0.0112. The maximum absolute atomic E-state index is 11.8. The largest absolute Gasteiger partial charge is 0.484 e. The Morgan fingerprint density at radius 2 is 1.82 bits per heavy atom. The lowest BCUT2D eigenvalue weighted by atomic mass is 10.1. The highest BCUT2D eigenvalue weighted by Gasteiger charge is 2.28. The number of carbonyl (C=O) groups is 1. The van der Waals surface area contributed by atoms with Gasteiger partial charge in [0.15, 0.2) is 6.61 Å². The van der Waals surface area contributed by atoms with E-state index in [-0.39, 0.29) is 12.2 Å². The van der Waals surface area contributed by atoms with Gasteiger partial charge in [-0.15, -0.1) is 0 Å². The molecule has 6 heteroatoms. The third-order valence-corrected chi connectivity index (χ3v) is 1.95. The maximum Gasteiger partial charge on any atom is 0.422 e. The van der Waals surface area contributed by atoms with E-state index in [1.807, 2.05) is 0 Å². The van der Waals surface area contributed by atoms with Crippen LogP contribution >= 0.6 is 0 Å². The number of halogens is 3. The highest BCUT2D eigenvalue weighted by Crippen LogP contribution is 2.19. The normalized spacial score (nSPS) is 11.2. The van der Waals surface area contributed by atoms with E-state index < -0.39 is 18.8 Å². The lowest BCUT2D eigenvalue weighted by Crippen LogP contribution is -2.19. The van der Waals surface area contributed by atoms with Gasteiger partial charge in [0.25, 0.3) is 0 Å². The second-order valence-electron chi connectivity index (χ2n) is 3.44. The van der Waals surface area contributed by atoms with Crippen LogP contribution in [-0.4, -0.2) is 23.9 Å². The van der Waals surface area contributed by atoms with E-state index in [0.717, 1.165) is 5.56 Å². The van der Waals surface area contributed by atoms with Gasteiger partial charge < -0.3 is 9.84 Å². The van der Waals surface area contributed by atoms with E-state index >= 15 is 0 Å². The van der Waals surface area contributed by atoms with E-state index in [1.165, 1.54) is 12.1 Å². The van der Waals surface area contributed by atoms with Gasteiger partial charge >= 0.3 is 12.1 Å². The monoisotopic (exact) mass is 248 g/mol. The molecule has 0 aliphatic heterocycles. The Balaban J connectivity index is 2.47. The van der Waals surface area contributed by atoms with Crippen molar-refractivity contribution in [2.45, 2.75) is 19.0 Å². The zero-order valence-corrected chi connectivity index (χ0v) is 8.83. The fraction of sp³-hybridized carbons (Fsp3) is 0.364. The lowest BCUT2D eigenvalue weighted by molar-refractivity contribution is -0.153. The molecule has 0 aliphatic carbocycles. The molecular formula is C11H11F3O3. The van der Waals surface area contributed by atoms with Gasteiger partial charge in [-0.1, -0.05) is 12.1 Å². The first-order valence-corrected chi connectivity index (χ1v) is 4.87. The molecule has 1 N–H and O–H groups in total. The molecule has 0 fully saturated rings. The number of aryl methyl sites for hydroxylation is 1. The smallest absolute Gasteiger partial charge is 0.422 e. The fourth-order valence-corrected chi connectivity index (χ4v) is 1.17. The van der Waals surface area contributed by atoms with Crippen molar-refractivity contribution in [3.8, 4) is 5.75 Å². The van der Waals surface area contributed by atoms with Crippen molar-refractivity contribution >= 4 is 5.97 Å². The molecule has 94 valence electrons. The Hall–Kier alpha value is -1.72. The van der Waals surface area contributed by atoms with Crippen molar-refractivity contribution in [3.63, 3.8) is 0 Å². The molecule has 3 nitrogen and oxygen atoms in total. The summed E-state index contributed by atoms with van der Waals surface area (Å²) in [6.07, 6.45) is -4.03. The fourth-order valence-electron chi connectivity index (χ4n) is 1.17. The molecule has 0 saturated heterocycles. The Morgan fingerprint density at radius 3 is 2.29 bits per heavy atom. The summed E-state index contributed by atoms with van der Waals surface area (Å²) in [5.74, 6) is -0.802. The molecule has 0 radical (unpaired) electrons. The number of benzene rings is 1. The third kappa shape index (κ3) is 5.79. The molecule has 0 aromatic heterocycles. The van der Waals surface area contributed by atoms with Gasteiger partial charge in [0.2, 0.25) is 0 Å². The average Bonchev–Trinajstić information content (AvgIpc) is 2.24. The van der Waals surface area contributed by atoms with Crippen LogP contribution in [0.3, 0.4) is 0 Å². The molecule has 0 atom stereocenters. The van der Waals surface area contributed by atoms with Crippen LogP contribution in [0.5, 0.6) is 5.75 Å². The topological polar surface area (TPSA) is 46.5 Å². The van der Waals surface area contributed by atoms with Crippen LogP contribution in [0, 0.1) is 0 Å². The summed E-state index contributed by atoms with van der Waals surface area (Å²) in [5, 5.41) is 8.45. The van der Waals surface area contributed by atoms with Crippen LogP contribution in [-0.2, 0) is 11.2 Å². The quantitative estimate of drug-likeness (QED) is 0.871. The highest BCUT2D eigenvalue weighted by molar-refractivity contribution is 5.67. The summed E-state index contributed by atoms with van der Waals surface area (Å²) in [6, 6.07) is 5.88. The van der Waals surface area contributed by atoms with Crippen LogP contribution in [0.4, 0.5) is 13.2 Å². The van der Waals surface area contributed by atoms with Crippen molar-refractivity contribution in [1.82, 2.24) is 0 Å². The summed E-state index contributed by atoms with van der Waals surface area (Å²) < 4.78 is 40.0. The molecule has 0 saturated carbocycles. The summed E-state index contributed by atoms with van der Waals surface area (Å²) in [4.78, 5) is 10.3. The average molecular weight is 248 g/mol. The lowest BCUT2D eigenvalue weighted by Gasteiger charge is -2.09. The highest BCUT2D eigenvalue weighted by atomic mass is 19.4. The van der Waals surface area contributed by atoms with Gasteiger partial charge in [0.1, 0.15) is 5.75 Å². The maximum atomic E-state index is 11.8. The van der Waals surface area contributed by atoms with Gasteiger partial charge in [0, 0.05) is 6.42 Å². The molecular weight excluding hydrogens is 237 g/mol. The van der Waals surface area contributed by atoms with Gasteiger partial charge in [-0.3, -0.25) is 4.79 Å². The number of hydrogen-bond acceptors (Lipinski definition) is 2. The minimum Gasteiger partial charge on any atom is -0.484 e. The van der Waals surface area contributed by atoms with Crippen molar-refractivity contribution in [1.29, 1.82) is 0 Å². The summed E-state index contributed by atoms with van der Waals surface area (Å²) >= 11 is 0. The molecule has 0 unspecified atom stereocenters. The number of rotatable bonds is 5. The molecule has 1 aromatic rings. The Kier molecular flexibility index (Phi) is 4.37. The van der Waals surface area contributed by atoms with Crippen molar-refractivity contribution in [3.05, 3.63) is 29.8 Å². The first kappa shape index (κ1) is 13.3. The number of aliphatic carboxylic acids is 1. The van der Waals surface area contributed by atoms with Crippen molar-refractivity contribution < 1.29 is 27.8 Å². The summed E-state index contributed by atoms with van der Waals surface area (Å²) in [6.45, 7) is -1.33. The van der Waals surface area contributed by atoms with E-state index in [2.05, 4.69) is 4.74 Å². The van der Waals surface area contributed by atoms with Gasteiger partial charge in [-0.2, -0.15) is 13.2 Å². The number of carboxylic acid groups (broad SMARTS) is 1. The summed E-state index contributed by atoms with van der Waals surface area (Å²) in [7, 11) is 0. The number of ether oxygens (including phenoxy) is 1. The molecule has 17 heavy (non-hydrogen) atoms. The molecule has 1 aromatic carbocycles. The summed E-state index contributed by atoms with van der Waals surface area (Å²) in [5.41, 5.74) is 0.742. The molecule has 0 bridgehead atoms. The van der Waals surface area contributed by atoms with Gasteiger partial charge in [0.05, 0.1) is 0 Å². The third-order valence-electron chi connectivity index (χ3n) is 1.95. The van der Waals surface area contributed by atoms with Gasteiger partial charge in [-0.25, -0.2) is 0 Å². The van der Waals surface area contributed by atoms with Crippen molar-refractivity contribution in [2.75, 3.05) is 6.61 Å². The van der Waals surface area contributed by atoms with Crippen LogP contribution < -0.4 is 4.74 Å². The Morgan fingerprint density at radius 1 is 1.24 bits per heavy atom. The first-order chi connectivity index (χ1) is 7.87. The zero-order chi connectivity index (χ0) is 12.9. The van der Waals surface area contributed by atoms with Crippen LogP contribution in [0.1, 0.15) is 12.0 Å². The SMILES string of the molecule is O=C(O)CCc1ccc(OCC(F)(F)F)cc1. The number of carboxylic acids is 1. The molecule has 1 rings (SSSR count). The number of alkyl halides is 3. The number of hydrogen-bond donors (Lipinski definition) is 1. The van der Waals surface area contributed by atoms with Crippen LogP contribution in [0.15, 0.2) is 24.3 Å². The second-order valence-corrected chi connectivity index (χ2v) is 3.44.